The molecule has 2 heterocycles. The summed E-state index contributed by atoms with van der Waals surface area (Å²) in [7, 11) is 4.32. The smallest absolute Gasteiger partial charge is 0.870 e. The Morgan fingerprint density at radius 1 is 0.556 bits per heavy atom. The second-order valence-corrected chi connectivity index (χ2v) is 11.2. The van der Waals surface area contributed by atoms with Crippen LogP contribution in [0.25, 0.3) is 0 Å². The molecule has 0 aromatic heterocycles. The molecular weight excluding hydrogens is 625 g/mol. The van der Waals surface area contributed by atoms with Crippen LogP contribution in [-0.4, -0.2) is 92.6 Å². The van der Waals surface area contributed by atoms with Crippen molar-refractivity contribution in [2.24, 2.45) is 0 Å². The molecule has 2 aliphatic heterocycles. The molecule has 228 valence electrons. The average Bonchev–Trinajstić information content (AvgIpc) is 3.06. The topological polar surface area (TPSA) is 80.3 Å². The van der Waals surface area contributed by atoms with E-state index in [2.05, 4.69) is 58.0 Å². The minimum atomic E-state index is -0.548. The molecule has 0 radical (unpaired) electrons. The molecule has 2 aliphatic rings. The van der Waals surface area contributed by atoms with Gasteiger partial charge in [-0.15, -0.1) is 0 Å². The Bertz CT molecular complexity index is 1400. The van der Waals surface area contributed by atoms with Crippen molar-refractivity contribution in [3.63, 3.8) is 0 Å². The number of anilines is 2. The monoisotopic (exact) mass is 666 g/mol. The molecule has 0 spiro atoms. The third kappa shape index (κ3) is 10.8. The summed E-state index contributed by atoms with van der Waals surface area (Å²) in [6.07, 6.45) is -0.548. The second kappa shape index (κ2) is 19.3. The molecule has 6 rings (SSSR count). The summed E-state index contributed by atoms with van der Waals surface area (Å²) in [6.45, 7) is 8.61. The van der Waals surface area contributed by atoms with Crippen LogP contribution < -0.4 is 39.4 Å². The third-order valence-corrected chi connectivity index (χ3v) is 8.23. The molecule has 2 N–H and O–H groups in total. The van der Waals surface area contributed by atoms with Gasteiger partial charge in [-0.05, 0) is 61.6 Å². The van der Waals surface area contributed by atoms with E-state index in [9.17, 15) is 9.90 Å². The van der Waals surface area contributed by atoms with Crippen molar-refractivity contribution in [1.29, 1.82) is 0 Å². The minimum Gasteiger partial charge on any atom is -0.870 e. The molecular formula is C36H43N4NaO3Zn. The number of carbonyl (C=O) groups is 1. The average molecular weight is 668 g/mol. The van der Waals surface area contributed by atoms with Crippen LogP contribution in [-0.2, 0) is 19.5 Å². The third-order valence-electron chi connectivity index (χ3n) is 8.23. The Labute approximate surface area is 303 Å². The van der Waals surface area contributed by atoms with Crippen LogP contribution in [0.15, 0.2) is 109 Å². The first-order chi connectivity index (χ1) is 20.5. The summed E-state index contributed by atoms with van der Waals surface area (Å²) in [6, 6.07) is 35.5. The van der Waals surface area contributed by atoms with E-state index >= 15 is 0 Å². The van der Waals surface area contributed by atoms with E-state index < -0.39 is 6.10 Å². The van der Waals surface area contributed by atoms with Crippen molar-refractivity contribution in [1.82, 2.24) is 9.80 Å². The first kappa shape index (κ1) is 38.8. The van der Waals surface area contributed by atoms with Gasteiger partial charge in [0.05, 0.1) is 0 Å². The summed E-state index contributed by atoms with van der Waals surface area (Å²) >= 11 is 0. The predicted molar refractivity (Wildman–Crippen MR) is 175 cm³/mol. The second-order valence-electron chi connectivity index (χ2n) is 11.2. The zero-order chi connectivity index (χ0) is 29.3. The van der Waals surface area contributed by atoms with Gasteiger partial charge in [-0.3, -0.25) is 4.79 Å². The fourth-order valence-corrected chi connectivity index (χ4v) is 5.40. The Balaban J connectivity index is 0.000000294. The van der Waals surface area contributed by atoms with Crippen molar-refractivity contribution >= 4 is 17.2 Å². The van der Waals surface area contributed by atoms with Gasteiger partial charge in [0.2, 0.25) is 0 Å². The molecule has 45 heavy (non-hydrogen) atoms. The quantitative estimate of drug-likeness (QED) is 0.249. The summed E-state index contributed by atoms with van der Waals surface area (Å²) in [5.41, 5.74) is 5.81. The van der Waals surface area contributed by atoms with Crippen molar-refractivity contribution in [3.05, 3.63) is 131 Å². The van der Waals surface area contributed by atoms with Gasteiger partial charge in [0, 0.05) is 94.3 Å². The van der Waals surface area contributed by atoms with E-state index in [1.165, 1.54) is 11.4 Å². The molecule has 2 saturated heterocycles. The number of hydrogen-bond donors (Lipinski definition) is 1. The van der Waals surface area contributed by atoms with E-state index in [-0.39, 0.29) is 60.3 Å². The Hall–Kier alpha value is -2.39. The molecule has 7 nitrogen and oxygen atoms in total. The molecule has 9 heteroatoms. The summed E-state index contributed by atoms with van der Waals surface area (Å²) in [4.78, 5) is 21.8. The Morgan fingerprint density at radius 2 is 0.911 bits per heavy atom. The largest absolute Gasteiger partial charge is 1.00 e. The SMILES string of the molecule is CN1CCN(c2ccc(C(=O)c3ccccc3)cc2)CC1.CN1CCN(c2ccc(C(O)c3ccccc3)cc2)CC1.[Na+].[OH-].[Zn]. The maximum atomic E-state index is 12.4. The Kier molecular flexibility index (Phi) is 16.7. The van der Waals surface area contributed by atoms with Gasteiger partial charge in [-0.25, -0.2) is 0 Å². The van der Waals surface area contributed by atoms with Gasteiger partial charge in [0.25, 0.3) is 0 Å². The summed E-state index contributed by atoms with van der Waals surface area (Å²) in [5.74, 6) is 0.0838. The van der Waals surface area contributed by atoms with Gasteiger partial charge in [-0.2, -0.15) is 0 Å². The van der Waals surface area contributed by atoms with Gasteiger partial charge in [-0.1, -0.05) is 72.8 Å². The number of piperazine rings is 2. The zero-order valence-corrected chi connectivity index (χ0v) is 31.9. The number of likely N-dealkylation sites (N-methyl/N-ethyl adjacent to an activating group) is 2. The van der Waals surface area contributed by atoms with E-state index in [4.69, 9.17) is 0 Å². The van der Waals surface area contributed by atoms with E-state index in [0.717, 1.165) is 74.6 Å². The number of benzene rings is 4. The van der Waals surface area contributed by atoms with Crippen LogP contribution in [0, 0.1) is 0 Å². The molecule has 1 unspecified atom stereocenters. The maximum Gasteiger partial charge on any atom is 1.00 e. The zero-order valence-electron chi connectivity index (χ0n) is 26.9. The van der Waals surface area contributed by atoms with E-state index in [0.29, 0.717) is 0 Å². The molecule has 0 amide bonds. The van der Waals surface area contributed by atoms with Crippen LogP contribution in [0.5, 0.6) is 0 Å². The van der Waals surface area contributed by atoms with Crippen LogP contribution in [0.4, 0.5) is 11.4 Å². The number of aliphatic hydroxyl groups excluding tert-OH is 1. The molecule has 4 aromatic carbocycles. The van der Waals surface area contributed by atoms with Crippen LogP contribution >= 0.6 is 0 Å². The fourth-order valence-electron chi connectivity index (χ4n) is 5.40. The number of hydrogen-bond acceptors (Lipinski definition) is 7. The van der Waals surface area contributed by atoms with Crippen molar-refractivity contribution < 1.29 is 64.4 Å². The maximum absolute atomic E-state index is 12.4. The molecule has 0 bridgehead atoms. The number of nitrogens with zero attached hydrogens (tertiary/aromatic N) is 4. The fraction of sp³-hybridized carbons (Fsp3) is 0.306. The van der Waals surface area contributed by atoms with E-state index in [1.807, 2.05) is 84.9 Å². The number of rotatable bonds is 6. The summed E-state index contributed by atoms with van der Waals surface area (Å²) in [5, 5.41) is 10.4. The standard InChI is InChI=1S/C18H22N2O.C18H20N2O.Na.H2O.Zn/c2*1-19-11-13-20(14-12-19)17-9-7-16(8-10-17)18(21)15-5-3-2-4-6-15;;;/h2-10,18,21H,11-14H2,1H3;2-10H,11-14H2,1H3;;1H2;/q;;+1;;/p-1. The van der Waals surface area contributed by atoms with Crippen LogP contribution in [0.2, 0.25) is 0 Å². The summed E-state index contributed by atoms with van der Waals surface area (Å²) < 4.78 is 0. The molecule has 1 atom stereocenters. The normalized spacial score (nSPS) is 15.7. The number of ketones is 1. The van der Waals surface area contributed by atoms with Gasteiger partial charge < -0.3 is 30.2 Å². The number of carbonyl (C=O) groups excluding carboxylic acids is 1. The molecule has 4 aromatic rings. The molecule has 0 aliphatic carbocycles. The predicted octanol–water partition coefficient (Wildman–Crippen LogP) is 2.01. The Morgan fingerprint density at radius 3 is 1.36 bits per heavy atom. The van der Waals surface area contributed by atoms with Crippen molar-refractivity contribution in [2.75, 3.05) is 76.3 Å². The van der Waals surface area contributed by atoms with Crippen LogP contribution in [0.1, 0.15) is 33.2 Å². The molecule has 2 fully saturated rings. The minimum absolute atomic E-state index is 0. The first-order valence-corrected chi connectivity index (χ1v) is 14.9. The van der Waals surface area contributed by atoms with Crippen molar-refractivity contribution in [3.8, 4) is 0 Å². The molecule has 0 saturated carbocycles. The number of aliphatic hydroxyl groups is 1. The van der Waals surface area contributed by atoms with Gasteiger partial charge >= 0.3 is 29.6 Å². The van der Waals surface area contributed by atoms with Crippen molar-refractivity contribution in [2.45, 2.75) is 6.10 Å². The van der Waals surface area contributed by atoms with Crippen LogP contribution in [0.3, 0.4) is 0 Å². The van der Waals surface area contributed by atoms with Gasteiger partial charge in [0.1, 0.15) is 6.10 Å². The first-order valence-electron chi connectivity index (χ1n) is 14.9. The van der Waals surface area contributed by atoms with E-state index in [1.54, 1.807) is 0 Å². The van der Waals surface area contributed by atoms with Gasteiger partial charge in [0.15, 0.2) is 5.78 Å².